The number of carbonyl (C=O) groups excluding carboxylic acids is 2. The lowest BCUT2D eigenvalue weighted by Gasteiger charge is -2.11. The molecule has 14 aromatic rings. The molecule has 26 heteroatoms. The van der Waals surface area contributed by atoms with Gasteiger partial charge in [-0.3, -0.25) is 9.59 Å². The molecule has 0 atom stereocenters. The molecule has 4 aliphatic heterocycles. The maximum absolute atomic E-state index is 13.8. The van der Waals surface area contributed by atoms with E-state index in [0.717, 1.165) is 71.8 Å². The highest BCUT2D eigenvalue weighted by atomic mass is 35.5. The van der Waals surface area contributed by atoms with E-state index in [1.54, 1.807) is 24.3 Å². The molecule has 6 N–H and O–H groups in total. The summed E-state index contributed by atoms with van der Waals surface area (Å²) >= 11 is 85.1. The molecule has 0 radical (unpaired) electrons. The lowest BCUT2D eigenvalue weighted by Crippen LogP contribution is -2.24. The van der Waals surface area contributed by atoms with Gasteiger partial charge in [-0.05, 0) is 231 Å². The van der Waals surface area contributed by atoms with Crippen LogP contribution in [-0.2, 0) is 0 Å². The number of hydrogen-bond acceptors (Lipinski definition) is 8. The number of benzene rings is 8. The number of H-pyrrole nitrogens is 4. The summed E-state index contributed by atoms with van der Waals surface area (Å²) in [4.78, 5) is 63.9. The van der Waals surface area contributed by atoms with Crippen molar-refractivity contribution in [2.45, 2.75) is 128 Å². The highest BCUT2D eigenvalue weighted by molar-refractivity contribution is 8.76. The number of amides is 2. The third-order valence-electron chi connectivity index (χ3n) is 25.6. The predicted molar refractivity (Wildman–Crippen MR) is 603 cm³/mol. The van der Waals surface area contributed by atoms with Gasteiger partial charge in [-0.25, -0.2) is 19.9 Å². The van der Waals surface area contributed by atoms with E-state index in [9.17, 15) is 9.59 Å². The Morgan fingerprint density at radius 3 is 0.579 bits per heavy atom. The highest BCUT2D eigenvalue weighted by Crippen LogP contribution is 2.50. The van der Waals surface area contributed by atoms with E-state index in [-0.39, 0.29) is 11.8 Å². The molecular weight excluding hydrogens is 2030 g/mol. The minimum atomic E-state index is -0.121. The summed E-state index contributed by atoms with van der Waals surface area (Å²) < 4.78 is 0. The average molecular weight is 2130 g/mol. The zero-order chi connectivity index (χ0) is 96.9. The third kappa shape index (κ3) is 22.8. The number of nitrogens with one attached hydrogen (secondary N) is 6. The minimum absolute atomic E-state index is 0.121. The number of hydrogen-bond donors (Lipinski definition) is 6. The molecule has 2 amide bonds. The topological polar surface area (TPSA) is 173 Å². The average Bonchev–Trinajstić information content (AvgIpc) is 1.77. The number of nitrogens with zero attached hydrogens (tertiary/aromatic N) is 4. The van der Waals surface area contributed by atoms with Crippen LogP contribution < -0.4 is 10.6 Å². The van der Waals surface area contributed by atoms with Crippen LogP contribution in [0.3, 0.4) is 0 Å². The first-order valence-electron chi connectivity index (χ1n) is 47.3. The van der Waals surface area contributed by atoms with Crippen molar-refractivity contribution in [1.29, 1.82) is 0 Å². The van der Waals surface area contributed by atoms with Gasteiger partial charge in [0.1, 0.15) is 0 Å². The molecule has 0 aliphatic carbocycles. The van der Waals surface area contributed by atoms with E-state index in [4.69, 9.17) is 159 Å². The van der Waals surface area contributed by atoms with Crippen LogP contribution in [0.15, 0.2) is 206 Å². The molecule has 140 heavy (non-hydrogen) atoms. The summed E-state index contributed by atoms with van der Waals surface area (Å²) in [7, 11) is 4.09. The van der Waals surface area contributed by atoms with Crippen LogP contribution in [0.2, 0.25) is 60.3 Å². The maximum Gasteiger partial charge on any atom is 0.251 e. The van der Waals surface area contributed by atoms with Crippen LogP contribution in [0, 0.1) is 0 Å². The fourth-order valence-corrected chi connectivity index (χ4v) is 24.5. The zero-order valence-electron chi connectivity index (χ0n) is 76.2. The second-order valence-corrected chi connectivity index (χ2v) is 42.6. The largest absolute Gasteiger partial charge is 0.354 e. The number of rotatable bonds is 37. The quantitative estimate of drug-likeness (QED) is 0.0165. The van der Waals surface area contributed by atoms with Crippen LogP contribution >= 0.6 is 161 Å². The number of aromatic amines is 4. The number of fused-ring (bicyclic) bond motifs is 16. The first kappa shape index (κ1) is 100. The molecule has 0 unspecified atom stereocenters. The molecule has 0 spiro atoms. The molecule has 4 aliphatic rings. The molecule has 8 aromatic carbocycles. The zero-order valence-corrected chi connectivity index (χ0v) is 86.9. The van der Waals surface area contributed by atoms with Gasteiger partial charge in [0, 0.05) is 158 Å². The van der Waals surface area contributed by atoms with Gasteiger partial charge in [-0.2, -0.15) is 0 Å². The molecule has 16 bridgehead atoms. The molecule has 0 saturated carbocycles. The van der Waals surface area contributed by atoms with Gasteiger partial charge in [0.2, 0.25) is 0 Å². The van der Waals surface area contributed by atoms with Crippen molar-refractivity contribution < 1.29 is 9.59 Å². The van der Waals surface area contributed by atoms with E-state index < -0.39 is 0 Å². The molecule has 12 nitrogen and oxygen atoms in total. The van der Waals surface area contributed by atoms with Gasteiger partial charge < -0.3 is 30.6 Å². The molecule has 6 aromatic heterocycles. The van der Waals surface area contributed by atoms with Crippen LogP contribution in [0.25, 0.3) is 182 Å². The predicted octanol–water partition coefficient (Wildman–Crippen LogP) is 38.1. The fraction of sp³-hybridized carbons (Fsp3) is 0.211. The summed E-state index contributed by atoms with van der Waals surface area (Å²) in [6.45, 7) is 1.21. The summed E-state index contributed by atoms with van der Waals surface area (Å²) in [6.07, 6.45) is 39.7. The summed E-state index contributed by atoms with van der Waals surface area (Å²) in [5.41, 5.74) is 22.3. The minimum Gasteiger partial charge on any atom is -0.354 e. The Hall–Kier alpha value is -9.92. The van der Waals surface area contributed by atoms with Gasteiger partial charge in [-0.1, -0.05) is 324 Å². The lowest BCUT2D eigenvalue weighted by molar-refractivity contribution is 0.0944. The molecular formula is C114H96Cl12N10O2S2. The van der Waals surface area contributed by atoms with Crippen molar-refractivity contribution >= 4 is 265 Å². The van der Waals surface area contributed by atoms with Gasteiger partial charge in [0.15, 0.2) is 0 Å². The fourth-order valence-electron chi connectivity index (χ4n) is 18.7. The Morgan fingerprint density at radius 2 is 0.379 bits per heavy atom. The summed E-state index contributed by atoms with van der Waals surface area (Å²) in [5.74, 6) is 2.20. The Balaban J connectivity index is 0.409. The molecule has 710 valence electrons. The van der Waals surface area contributed by atoms with Crippen molar-refractivity contribution in [1.82, 2.24) is 50.5 Å². The van der Waals surface area contributed by atoms with Gasteiger partial charge in [0.25, 0.3) is 11.8 Å². The Morgan fingerprint density at radius 1 is 0.207 bits per heavy atom. The van der Waals surface area contributed by atoms with Crippen molar-refractivity contribution in [2.24, 2.45) is 0 Å². The normalized spacial score (nSPS) is 12.1. The SMILES string of the molecule is O=C(NCCCCCCCCCCCCSSCCCCCCCCCCCCNC(=O)c1ccc(-c2c3nc(c(-c4c(Cl)cccc4Cl)c4ccc([nH]4)c(-c4c(Cl)cccc4Cl)c4nc(c(-c5c(Cl)cccc5Cl)c5ccc2[nH]5)C=C4)C=C3)cc1)c1ccc(-c2c3nc(c(-c4c(Cl)cccc4Cl)c4ccc([nH]4)c(-c4c(Cl)cccc4Cl)c4nc(c(-c5c(Cl)cccc5Cl)c5ccc2[nH]5)C=C4)C=C3)cc1. The van der Waals surface area contributed by atoms with Crippen molar-refractivity contribution in [3.8, 4) is 89.0 Å². The monoisotopic (exact) mass is 2120 g/mol. The number of carbonyl (C=O) groups is 2. The van der Waals surface area contributed by atoms with Crippen molar-refractivity contribution in [3.63, 3.8) is 0 Å². The summed E-state index contributed by atoms with van der Waals surface area (Å²) in [6, 6.07) is 63.8. The first-order chi connectivity index (χ1) is 68.3. The van der Waals surface area contributed by atoms with Crippen LogP contribution in [-0.4, -0.2) is 76.3 Å². The van der Waals surface area contributed by atoms with Crippen molar-refractivity contribution in [2.75, 3.05) is 24.6 Å². The Kier molecular flexibility index (Phi) is 33.7. The van der Waals surface area contributed by atoms with E-state index in [0.29, 0.717) is 230 Å². The maximum atomic E-state index is 13.8. The number of unbranched alkanes of at least 4 members (excludes halogenated alkanes) is 18. The van der Waals surface area contributed by atoms with Crippen molar-refractivity contribution in [3.05, 3.63) is 323 Å². The second-order valence-electron chi connectivity index (χ2n) is 35.0. The van der Waals surface area contributed by atoms with E-state index in [1.807, 2.05) is 252 Å². The number of halogens is 12. The van der Waals surface area contributed by atoms with Crippen LogP contribution in [0.4, 0.5) is 0 Å². The van der Waals surface area contributed by atoms with Gasteiger partial charge in [0.05, 0.1) is 106 Å². The van der Waals surface area contributed by atoms with Gasteiger partial charge >= 0.3 is 0 Å². The molecule has 0 fully saturated rings. The van der Waals surface area contributed by atoms with Crippen LogP contribution in [0.1, 0.15) is 195 Å². The molecule has 10 heterocycles. The van der Waals surface area contributed by atoms with E-state index in [1.165, 1.54) is 101 Å². The van der Waals surface area contributed by atoms with Gasteiger partial charge in [-0.15, -0.1) is 0 Å². The lowest BCUT2D eigenvalue weighted by atomic mass is 10.0. The van der Waals surface area contributed by atoms with Crippen LogP contribution in [0.5, 0.6) is 0 Å². The molecule has 18 rings (SSSR count). The second kappa shape index (κ2) is 47.1. The third-order valence-corrected chi connectivity index (χ3v) is 32.0. The summed E-state index contributed by atoms with van der Waals surface area (Å²) in [5, 5.41) is 11.6. The first-order valence-corrected chi connectivity index (χ1v) is 54.3. The highest BCUT2D eigenvalue weighted by Gasteiger charge is 2.29. The number of aromatic nitrogens is 8. The Labute approximate surface area is 882 Å². The Bertz CT molecular complexity index is 6900. The van der Waals surface area contributed by atoms with E-state index in [2.05, 4.69) is 30.6 Å². The van der Waals surface area contributed by atoms with E-state index >= 15 is 0 Å². The molecule has 0 saturated heterocycles. The standard InChI is InChI=1S/C114H96Cl12N10O2S2/c115-71-27-21-28-72(116)101(71)107-87-51-47-83(129-87)99(84-48-52-88(130-84)108(102-73(117)29-22-30-74(102)118)92-56-60-96(134-92)111(95-59-55-91(107)133-95)105-79(123)35-25-36-80(105)124)67-39-43-69(44-40-67)113(137)127-63-17-13-9-5-1-3-7-11-15-19-65-139-140-66-20-16-12-8-4-2-6-10-14-18-64-128-114(138)70-45-41-68(42-46-70)100-85-49-53-89(131-85)109(103-75(119)31-23-32-76(103)120)93-57-61-97(135-93)112(106-81(125)37-26-38-82(106)126)98-62-58-94(136-98)110(90-54-50-86(100)132-90)104-77(121)33-24-34-78(104)122/h21-62,129,131,134,136H,1-20,63-66H2,(H,127,137)(H,128,138). The smallest absolute Gasteiger partial charge is 0.251 e.